The van der Waals surface area contributed by atoms with Gasteiger partial charge in [0.2, 0.25) is 5.91 Å². The SMILES string of the molecule is CCc1cc(-c2nnc(SCC(=O)Nc3cccc(Cl)c3Cl)n2CC)cs1. The number of aromatic nitrogens is 3. The Morgan fingerprint density at radius 3 is 2.81 bits per heavy atom. The largest absolute Gasteiger partial charge is 0.324 e. The molecule has 3 rings (SSSR count). The molecule has 0 fully saturated rings. The molecule has 1 aromatic carbocycles. The van der Waals surface area contributed by atoms with Gasteiger partial charge in [0.1, 0.15) is 0 Å². The second-order valence-corrected chi connectivity index (χ2v) is 8.37. The summed E-state index contributed by atoms with van der Waals surface area (Å²) in [7, 11) is 0. The van der Waals surface area contributed by atoms with E-state index in [9.17, 15) is 4.79 Å². The van der Waals surface area contributed by atoms with Gasteiger partial charge in [-0.15, -0.1) is 21.5 Å². The smallest absolute Gasteiger partial charge is 0.234 e. The third-order valence-corrected chi connectivity index (χ3v) is 6.72. The van der Waals surface area contributed by atoms with Crippen LogP contribution in [0.15, 0.2) is 34.8 Å². The Kier molecular flexibility index (Phi) is 6.81. The van der Waals surface area contributed by atoms with E-state index in [0.717, 1.165) is 24.4 Å². The Bertz CT molecular complexity index is 955. The van der Waals surface area contributed by atoms with Crippen molar-refractivity contribution in [1.82, 2.24) is 14.8 Å². The van der Waals surface area contributed by atoms with Gasteiger partial charge in [-0.1, -0.05) is 48.0 Å². The molecule has 1 amide bonds. The molecule has 0 bridgehead atoms. The summed E-state index contributed by atoms with van der Waals surface area (Å²) < 4.78 is 2.02. The van der Waals surface area contributed by atoms with Crippen molar-refractivity contribution in [3.8, 4) is 11.4 Å². The number of thiophene rings is 1. The number of rotatable bonds is 7. The molecular formula is C18H18Cl2N4OS2. The minimum atomic E-state index is -0.180. The average molecular weight is 441 g/mol. The minimum absolute atomic E-state index is 0.180. The molecule has 9 heteroatoms. The van der Waals surface area contributed by atoms with Crippen molar-refractivity contribution >= 4 is 57.9 Å². The van der Waals surface area contributed by atoms with E-state index in [1.54, 1.807) is 29.5 Å². The van der Waals surface area contributed by atoms with Crippen LogP contribution in [0, 0.1) is 0 Å². The van der Waals surface area contributed by atoms with Gasteiger partial charge in [0.15, 0.2) is 11.0 Å². The number of aryl methyl sites for hydroxylation is 1. The van der Waals surface area contributed by atoms with Crippen molar-refractivity contribution in [3.05, 3.63) is 44.6 Å². The summed E-state index contributed by atoms with van der Waals surface area (Å²) >= 11 is 15.1. The van der Waals surface area contributed by atoms with Crippen molar-refractivity contribution in [1.29, 1.82) is 0 Å². The molecular weight excluding hydrogens is 423 g/mol. The zero-order valence-electron chi connectivity index (χ0n) is 14.8. The van der Waals surface area contributed by atoms with Gasteiger partial charge in [-0.2, -0.15) is 0 Å². The van der Waals surface area contributed by atoms with Crippen LogP contribution in [0.25, 0.3) is 11.4 Å². The quantitative estimate of drug-likeness (QED) is 0.483. The van der Waals surface area contributed by atoms with E-state index in [-0.39, 0.29) is 11.7 Å². The predicted octanol–water partition coefficient (Wildman–Crippen LogP) is 5.63. The Morgan fingerprint density at radius 1 is 1.30 bits per heavy atom. The van der Waals surface area contributed by atoms with Crippen LogP contribution in [0.4, 0.5) is 5.69 Å². The number of hydrogen-bond acceptors (Lipinski definition) is 5. The number of benzene rings is 1. The first-order chi connectivity index (χ1) is 13.0. The number of carbonyl (C=O) groups is 1. The fourth-order valence-corrected chi connectivity index (χ4v) is 4.46. The van der Waals surface area contributed by atoms with Gasteiger partial charge in [-0.25, -0.2) is 0 Å². The van der Waals surface area contributed by atoms with E-state index >= 15 is 0 Å². The Balaban J connectivity index is 1.69. The van der Waals surface area contributed by atoms with Crippen LogP contribution in [0.2, 0.25) is 10.0 Å². The maximum atomic E-state index is 12.3. The highest BCUT2D eigenvalue weighted by atomic mass is 35.5. The number of thioether (sulfide) groups is 1. The van der Waals surface area contributed by atoms with Gasteiger partial charge in [0.25, 0.3) is 0 Å². The maximum absolute atomic E-state index is 12.3. The lowest BCUT2D eigenvalue weighted by molar-refractivity contribution is -0.113. The molecule has 0 aliphatic rings. The molecule has 142 valence electrons. The van der Waals surface area contributed by atoms with E-state index in [2.05, 4.69) is 33.9 Å². The van der Waals surface area contributed by atoms with Crippen LogP contribution >= 0.6 is 46.3 Å². The first kappa shape index (κ1) is 20.2. The zero-order chi connectivity index (χ0) is 19.4. The van der Waals surface area contributed by atoms with E-state index in [1.165, 1.54) is 16.6 Å². The van der Waals surface area contributed by atoms with Crippen LogP contribution in [0.5, 0.6) is 0 Å². The van der Waals surface area contributed by atoms with E-state index in [1.807, 2.05) is 11.5 Å². The molecule has 27 heavy (non-hydrogen) atoms. The lowest BCUT2D eigenvalue weighted by atomic mass is 10.2. The first-order valence-corrected chi connectivity index (χ1v) is 11.0. The third kappa shape index (κ3) is 4.66. The average Bonchev–Trinajstić information content (AvgIpc) is 3.29. The number of halogens is 2. The number of carbonyl (C=O) groups excluding carboxylic acids is 1. The molecule has 2 aromatic heterocycles. The summed E-state index contributed by atoms with van der Waals surface area (Å²) in [6.07, 6.45) is 0.999. The molecule has 0 aliphatic heterocycles. The predicted molar refractivity (Wildman–Crippen MR) is 114 cm³/mol. The Morgan fingerprint density at radius 2 is 2.11 bits per heavy atom. The monoisotopic (exact) mass is 440 g/mol. The van der Waals surface area contributed by atoms with Crippen molar-refractivity contribution in [2.45, 2.75) is 32.0 Å². The molecule has 0 saturated heterocycles. The standard InChI is InChI=1S/C18H18Cl2N4OS2/c1-3-12-8-11(9-26-12)17-22-23-18(24(17)4-2)27-10-15(25)21-14-7-5-6-13(19)16(14)20/h5-9H,3-4,10H2,1-2H3,(H,21,25). The fourth-order valence-electron chi connectivity index (χ4n) is 2.49. The number of hydrogen-bond donors (Lipinski definition) is 1. The molecule has 5 nitrogen and oxygen atoms in total. The van der Waals surface area contributed by atoms with Crippen molar-refractivity contribution < 1.29 is 4.79 Å². The summed E-state index contributed by atoms with van der Waals surface area (Å²) in [4.78, 5) is 13.6. The molecule has 0 spiro atoms. The van der Waals surface area contributed by atoms with E-state index < -0.39 is 0 Å². The molecule has 3 aromatic rings. The van der Waals surface area contributed by atoms with E-state index in [0.29, 0.717) is 20.9 Å². The van der Waals surface area contributed by atoms with Gasteiger partial charge in [0, 0.05) is 22.4 Å². The van der Waals surface area contributed by atoms with Crippen molar-refractivity contribution in [2.75, 3.05) is 11.1 Å². The van der Waals surface area contributed by atoms with Crippen LogP contribution in [-0.4, -0.2) is 26.4 Å². The van der Waals surface area contributed by atoms with Crippen molar-refractivity contribution in [2.24, 2.45) is 0 Å². The molecule has 2 heterocycles. The number of nitrogens with one attached hydrogen (secondary N) is 1. The molecule has 0 aliphatic carbocycles. The Hall–Kier alpha value is -1.54. The molecule has 0 atom stereocenters. The first-order valence-electron chi connectivity index (χ1n) is 8.41. The molecule has 0 saturated carbocycles. The topological polar surface area (TPSA) is 59.8 Å². The molecule has 1 N–H and O–H groups in total. The number of nitrogens with zero attached hydrogens (tertiary/aromatic N) is 3. The number of anilines is 1. The van der Waals surface area contributed by atoms with Gasteiger partial charge >= 0.3 is 0 Å². The maximum Gasteiger partial charge on any atom is 0.234 e. The lowest BCUT2D eigenvalue weighted by Crippen LogP contribution is -2.15. The van der Waals surface area contributed by atoms with Crippen molar-refractivity contribution in [3.63, 3.8) is 0 Å². The lowest BCUT2D eigenvalue weighted by Gasteiger charge is -2.09. The summed E-state index contributed by atoms with van der Waals surface area (Å²) in [6.45, 7) is 4.89. The zero-order valence-corrected chi connectivity index (χ0v) is 18.0. The minimum Gasteiger partial charge on any atom is -0.324 e. The summed E-state index contributed by atoms with van der Waals surface area (Å²) in [5, 5.41) is 14.9. The van der Waals surface area contributed by atoms with Crippen LogP contribution in [-0.2, 0) is 17.8 Å². The molecule has 0 radical (unpaired) electrons. The second-order valence-electron chi connectivity index (χ2n) is 5.64. The number of amides is 1. The fraction of sp³-hybridized carbons (Fsp3) is 0.278. The van der Waals surface area contributed by atoms with Crippen LogP contribution < -0.4 is 5.32 Å². The highest BCUT2D eigenvalue weighted by Gasteiger charge is 2.16. The van der Waals surface area contributed by atoms with E-state index in [4.69, 9.17) is 23.2 Å². The third-order valence-electron chi connectivity index (χ3n) is 3.85. The summed E-state index contributed by atoms with van der Waals surface area (Å²) in [5.41, 5.74) is 1.56. The van der Waals surface area contributed by atoms with Gasteiger partial charge < -0.3 is 9.88 Å². The van der Waals surface area contributed by atoms with Gasteiger partial charge in [-0.05, 0) is 31.5 Å². The highest BCUT2D eigenvalue weighted by Crippen LogP contribution is 2.30. The molecule has 0 unspecified atom stereocenters. The van der Waals surface area contributed by atoms with Crippen LogP contribution in [0.3, 0.4) is 0 Å². The van der Waals surface area contributed by atoms with Gasteiger partial charge in [-0.3, -0.25) is 4.79 Å². The summed E-state index contributed by atoms with van der Waals surface area (Å²) in [6, 6.07) is 7.27. The highest BCUT2D eigenvalue weighted by molar-refractivity contribution is 7.99. The Labute approximate surface area is 176 Å². The van der Waals surface area contributed by atoms with Gasteiger partial charge in [0.05, 0.1) is 21.5 Å². The normalized spacial score (nSPS) is 11.0. The summed E-state index contributed by atoms with van der Waals surface area (Å²) in [5.74, 6) is 0.847. The second kappa shape index (κ2) is 9.10. The van der Waals surface area contributed by atoms with Crippen LogP contribution in [0.1, 0.15) is 18.7 Å².